The molecule has 1 N–H and O–H groups in total. The van der Waals surface area contributed by atoms with Gasteiger partial charge in [0.15, 0.2) is 0 Å². The minimum absolute atomic E-state index is 0.0429. The van der Waals surface area contributed by atoms with Crippen LogP contribution in [0.15, 0.2) is 10.9 Å². The van der Waals surface area contributed by atoms with Crippen molar-refractivity contribution in [3.05, 3.63) is 16.6 Å². The van der Waals surface area contributed by atoms with Gasteiger partial charge < -0.3 is 4.55 Å². The first kappa shape index (κ1) is 12.0. The van der Waals surface area contributed by atoms with Crippen LogP contribution in [0, 0.1) is 0 Å². The van der Waals surface area contributed by atoms with Gasteiger partial charge in [-0.15, -0.1) is 16.1 Å². The highest BCUT2D eigenvalue weighted by molar-refractivity contribution is 7.90. The zero-order chi connectivity index (χ0) is 10.8. The van der Waals surface area contributed by atoms with E-state index in [9.17, 15) is 4.55 Å². The molecule has 0 saturated heterocycles. The topological polar surface area (TPSA) is 48.0 Å². The maximum Gasteiger partial charge on any atom is 0.136 e. The molecule has 0 fully saturated rings. The van der Waals surface area contributed by atoms with Crippen molar-refractivity contribution in [3.8, 4) is 0 Å². The van der Waals surface area contributed by atoms with Gasteiger partial charge in [0, 0.05) is 16.7 Å². The van der Waals surface area contributed by atoms with E-state index in [0.29, 0.717) is 0 Å². The molecule has 0 saturated carbocycles. The molecule has 0 bridgehead atoms. The van der Waals surface area contributed by atoms with E-state index >= 15 is 0 Å². The molecule has 0 radical (unpaired) electrons. The minimum atomic E-state index is -1.04. The first-order valence-corrected chi connectivity index (χ1v) is 6.56. The monoisotopic (exact) mass is 232 g/mol. The van der Waals surface area contributed by atoms with Crippen LogP contribution in [0.25, 0.3) is 0 Å². The van der Waals surface area contributed by atoms with E-state index in [1.165, 1.54) is 0 Å². The summed E-state index contributed by atoms with van der Waals surface area (Å²) in [6.07, 6.45) is 0. The number of rotatable bonds is 3. The molecule has 1 aromatic rings. The Morgan fingerprint density at radius 1 is 1.57 bits per heavy atom. The van der Waals surface area contributed by atoms with Crippen LogP contribution in [0.2, 0.25) is 0 Å². The molecule has 0 aromatic carbocycles. The number of nitrogens with zero attached hydrogens (tertiary/aromatic N) is 1. The predicted molar refractivity (Wildman–Crippen MR) is 61.6 cm³/mol. The smallest absolute Gasteiger partial charge is 0.136 e. The van der Waals surface area contributed by atoms with Gasteiger partial charge in [-0.1, -0.05) is 0 Å². The summed E-state index contributed by atoms with van der Waals surface area (Å²) in [5, 5.41) is 1.97. The lowest BCUT2D eigenvalue weighted by Gasteiger charge is -2.25. The Morgan fingerprint density at radius 2 is 2.21 bits per heavy atom. The quantitative estimate of drug-likeness (QED) is 0.813. The van der Waals surface area contributed by atoms with Crippen LogP contribution >= 0.6 is 11.3 Å². The fourth-order valence-corrected chi connectivity index (χ4v) is 2.28. The SMILES string of the molecule is C[C@H](N[S@@+]([O-])C(C)(C)C)c1cscn1. The molecule has 1 rings (SSSR count). The van der Waals surface area contributed by atoms with Crippen LogP contribution in [-0.4, -0.2) is 14.3 Å². The third-order valence-electron chi connectivity index (χ3n) is 1.74. The lowest BCUT2D eigenvalue weighted by molar-refractivity contribution is 0.529. The Kier molecular flexibility index (Phi) is 3.94. The van der Waals surface area contributed by atoms with Crippen molar-refractivity contribution >= 4 is 22.7 Å². The average Bonchev–Trinajstić information content (AvgIpc) is 2.53. The molecule has 2 atom stereocenters. The van der Waals surface area contributed by atoms with E-state index in [0.717, 1.165) is 5.69 Å². The van der Waals surface area contributed by atoms with Crippen LogP contribution in [0.1, 0.15) is 39.4 Å². The molecule has 0 unspecified atom stereocenters. The molecular weight excluding hydrogens is 216 g/mol. The molecule has 0 aliphatic rings. The van der Waals surface area contributed by atoms with E-state index in [2.05, 4.69) is 9.71 Å². The Morgan fingerprint density at radius 3 is 2.64 bits per heavy atom. The van der Waals surface area contributed by atoms with Gasteiger partial charge in [-0.3, -0.25) is 0 Å². The highest BCUT2D eigenvalue weighted by Gasteiger charge is 2.28. The van der Waals surface area contributed by atoms with Crippen molar-refractivity contribution in [1.82, 2.24) is 9.71 Å². The molecule has 14 heavy (non-hydrogen) atoms. The molecule has 0 spiro atoms. The molecule has 0 aliphatic carbocycles. The second-order valence-electron chi connectivity index (χ2n) is 4.13. The van der Waals surface area contributed by atoms with Crippen molar-refractivity contribution in [1.29, 1.82) is 0 Å². The molecule has 0 amide bonds. The maximum atomic E-state index is 11.7. The van der Waals surface area contributed by atoms with E-state index in [1.807, 2.05) is 33.1 Å². The number of thiazole rings is 1. The highest BCUT2D eigenvalue weighted by Crippen LogP contribution is 2.19. The normalized spacial score (nSPS) is 16.6. The van der Waals surface area contributed by atoms with Crippen molar-refractivity contribution in [3.63, 3.8) is 0 Å². The van der Waals surface area contributed by atoms with Gasteiger partial charge in [0.2, 0.25) is 0 Å². The molecular formula is C9H16N2OS2. The van der Waals surface area contributed by atoms with Crippen molar-refractivity contribution in [2.45, 2.75) is 38.5 Å². The Labute approximate surface area is 92.3 Å². The van der Waals surface area contributed by atoms with Crippen LogP contribution in [0.5, 0.6) is 0 Å². The third kappa shape index (κ3) is 3.24. The van der Waals surface area contributed by atoms with E-state index in [4.69, 9.17) is 0 Å². The number of hydrogen-bond donors (Lipinski definition) is 1. The van der Waals surface area contributed by atoms with Gasteiger partial charge in [-0.25, -0.2) is 4.98 Å². The summed E-state index contributed by atoms with van der Waals surface area (Å²) < 4.78 is 14.6. The molecule has 5 heteroatoms. The van der Waals surface area contributed by atoms with Crippen LogP contribution in [0.3, 0.4) is 0 Å². The second-order valence-corrected chi connectivity index (χ2v) is 6.85. The summed E-state index contributed by atoms with van der Waals surface area (Å²) in [4.78, 5) is 4.17. The van der Waals surface area contributed by atoms with E-state index in [1.54, 1.807) is 16.8 Å². The molecule has 3 nitrogen and oxygen atoms in total. The highest BCUT2D eigenvalue weighted by atomic mass is 32.2. The van der Waals surface area contributed by atoms with Gasteiger partial charge >= 0.3 is 0 Å². The Bertz CT molecular complexity index is 269. The van der Waals surface area contributed by atoms with Gasteiger partial charge in [0.05, 0.1) is 17.2 Å². The van der Waals surface area contributed by atoms with E-state index in [-0.39, 0.29) is 10.8 Å². The molecule has 0 aliphatic heterocycles. The van der Waals surface area contributed by atoms with Crippen molar-refractivity contribution in [2.75, 3.05) is 0 Å². The van der Waals surface area contributed by atoms with Gasteiger partial charge in [0.1, 0.15) is 4.75 Å². The molecule has 1 aromatic heterocycles. The fourth-order valence-electron chi connectivity index (χ4n) is 0.833. The summed E-state index contributed by atoms with van der Waals surface area (Å²) >= 11 is 0.515. The number of nitrogens with one attached hydrogen (secondary N) is 1. The Hall–Kier alpha value is -0.100. The summed E-state index contributed by atoms with van der Waals surface area (Å²) in [5.41, 5.74) is 2.74. The standard InChI is InChI=1S/C9H16N2OS2/c1-7(8-5-13-6-10-8)11-14(12)9(2,3)4/h5-7,11H,1-4H3/t7-,14-/m0/s1. The first-order chi connectivity index (χ1) is 6.41. The maximum absolute atomic E-state index is 11.7. The molecule has 80 valence electrons. The van der Waals surface area contributed by atoms with E-state index < -0.39 is 11.4 Å². The van der Waals surface area contributed by atoms with Gasteiger partial charge in [0.25, 0.3) is 0 Å². The largest absolute Gasteiger partial charge is 0.598 e. The second kappa shape index (κ2) is 4.61. The minimum Gasteiger partial charge on any atom is -0.598 e. The first-order valence-electron chi connectivity index (χ1n) is 4.47. The lowest BCUT2D eigenvalue weighted by Crippen LogP contribution is -2.40. The van der Waals surface area contributed by atoms with Crippen LogP contribution in [-0.2, 0) is 11.4 Å². The molecule has 1 heterocycles. The summed E-state index contributed by atoms with van der Waals surface area (Å²) in [6.45, 7) is 7.82. The van der Waals surface area contributed by atoms with Gasteiger partial charge in [-0.05, 0) is 27.7 Å². The number of hydrogen-bond acceptors (Lipinski definition) is 4. The summed E-state index contributed by atoms with van der Waals surface area (Å²) in [7, 11) is 0. The van der Waals surface area contributed by atoms with Crippen molar-refractivity contribution < 1.29 is 4.55 Å². The summed E-state index contributed by atoms with van der Waals surface area (Å²) in [6, 6.07) is 0.0429. The van der Waals surface area contributed by atoms with Crippen molar-refractivity contribution in [2.24, 2.45) is 0 Å². The fraction of sp³-hybridized carbons (Fsp3) is 0.667. The van der Waals surface area contributed by atoms with Gasteiger partial charge in [-0.2, -0.15) is 0 Å². The lowest BCUT2D eigenvalue weighted by atomic mass is 10.3. The number of aromatic nitrogens is 1. The van der Waals surface area contributed by atoms with Crippen LogP contribution < -0.4 is 4.72 Å². The predicted octanol–water partition coefficient (Wildman–Crippen LogP) is 2.26. The van der Waals surface area contributed by atoms with Crippen LogP contribution in [0.4, 0.5) is 0 Å². The third-order valence-corrected chi connectivity index (χ3v) is 4.02. The summed E-state index contributed by atoms with van der Waals surface area (Å²) in [5.74, 6) is 0. The zero-order valence-electron chi connectivity index (χ0n) is 8.90. The zero-order valence-corrected chi connectivity index (χ0v) is 10.5. The Balaban J connectivity index is 2.53. The average molecular weight is 232 g/mol.